The van der Waals surface area contributed by atoms with Gasteiger partial charge in [0.2, 0.25) is 0 Å². The van der Waals surface area contributed by atoms with E-state index >= 15 is 0 Å². The summed E-state index contributed by atoms with van der Waals surface area (Å²) in [6.45, 7) is 0. The van der Waals surface area contributed by atoms with E-state index in [-0.39, 0.29) is 17.4 Å². The number of benzene rings is 1. The quantitative estimate of drug-likeness (QED) is 0.739. The fourth-order valence-corrected chi connectivity index (χ4v) is 2.60. The molecule has 0 bridgehead atoms. The highest BCUT2D eigenvalue weighted by molar-refractivity contribution is 5.44. The van der Waals surface area contributed by atoms with Gasteiger partial charge < -0.3 is 9.84 Å². The van der Waals surface area contributed by atoms with Gasteiger partial charge in [0.05, 0.1) is 0 Å². The molecule has 1 heterocycles. The molecule has 1 N–H and O–H groups in total. The van der Waals surface area contributed by atoms with E-state index in [1.54, 1.807) is 18.2 Å². The zero-order chi connectivity index (χ0) is 11.2. The van der Waals surface area contributed by atoms with Gasteiger partial charge >= 0.3 is 0 Å². The van der Waals surface area contributed by atoms with Crippen molar-refractivity contribution in [2.24, 2.45) is 5.18 Å². The van der Waals surface area contributed by atoms with Crippen molar-refractivity contribution in [3.63, 3.8) is 0 Å². The molecule has 1 spiro atoms. The monoisotopic (exact) mass is 219 g/mol. The number of hydrogen-bond donors (Lipinski definition) is 1. The number of hydrogen-bond acceptors (Lipinski definition) is 4. The third-order valence-corrected chi connectivity index (χ3v) is 3.64. The smallest absolute Gasteiger partial charge is 0.125 e. The first-order chi connectivity index (χ1) is 7.72. The van der Waals surface area contributed by atoms with Crippen molar-refractivity contribution in [2.45, 2.75) is 37.3 Å². The zero-order valence-corrected chi connectivity index (χ0v) is 8.85. The summed E-state index contributed by atoms with van der Waals surface area (Å²) < 4.78 is 5.93. The van der Waals surface area contributed by atoms with Crippen LogP contribution in [0.2, 0.25) is 0 Å². The lowest BCUT2D eigenvalue weighted by Crippen LogP contribution is -2.46. The number of ether oxygens (including phenoxy) is 1. The Morgan fingerprint density at radius 1 is 1.44 bits per heavy atom. The molecule has 0 amide bonds. The highest BCUT2D eigenvalue weighted by atomic mass is 16.5. The molecule has 0 radical (unpaired) electrons. The van der Waals surface area contributed by atoms with Crippen LogP contribution in [0.25, 0.3) is 0 Å². The van der Waals surface area contributed by atoms with Gasteiger partial charge in [-0.2, -0.15) is 4.91 Å². The molecule has 0 aromatic heterocycles. The Kier molecular flexibility index (Phi) is 1.93. The second-order valence-corrected chi connectivity index (χ2v) is 4.69. The SMILES string of the molecule is O=NC1CC2(CCC2)Oc2ccc(O)cc21. The van der Waals surface area contributed by atoms with E-state index in [2.05, 4.69) is 5.18 Å². The van der Waals surface area contributed by atoms with Crippen molar-refractivity contribution < 1.29 is 9.84 Å². The maximum Gasteiger partial charge on any atom is 0.125 e. The standard InChI is InChI=1S/C12H13NO3/c14-8-2-3-11-9(6-8)10(13-15)7-12(16-11)4-1-5-12/h2-3,6,10,14H,1,4-5,7H2. The van der Waals surface area contributed by atoms with Gasteiger partial charge in [-0.25, -0.2) is 0 Å². The van der Waals surface area contributed by atoms with E-state index in [0.29, 0.717) is 17.7 Å². The van der Waals surface area contributed by atoms with Gasteiger partial charge in [0, 0.05) is 12.0 Å². The molecule has 1 aliphatic heterocycles. The van der Waals surface area contributed by atoms with E-state index < -0.39 is 0 Å². The molecule has 1 unspecified atom stereocenters. The predicted octanol–water partition coefficient (Wildman–Crippen LogP) is 2.90. The molecule has 3 rings (SSSR count). The Balaban J connectivity index is 2.04. The van der Waals surface area contributed by atoms with Crippen LogP contribution in [0.4, 0.5) is 0 Å². The third-order valence-electron chi connectivity index (χ3n) is 3.64. The van der Waals surface area contributed by atoms with Crippen molar-refractivity contribution in [1.82, 2.24) is 0 Å². The molecule has 1 fully saturated rings. The molecule has 1 aromatic rings. The van der Waals surface area contributed by atoms with Gasteiger partial charge in [-0.3, -0.25) is 0 Å². The van der Waals surface area contributed by atoms with Crippen molar-refractivity contribution in [3.05, 3.63) is 28.7 Å². The lowest BCUT2D eigenvalue weighted by molar-refractivity contribution is -0.0329. The van der Waals surface area contributed by atoms with Crippen molar-refractivity contribution >= 4 is 0 Å². The van der Waals surface area contributed by atoms with Gasteiger partial charge in [-0.1, -0.05) is 5.18 Å². The Labute approximate surface area is 93.2 Å². The summed E-state index contributed by atoms with van der Waals surface area (Å²) in [5.41, 5.74) is 0.551. The summed E-state index contributed by atoms with van der Waals surface area (Å²) in [7, 11) is 0. The fraction of sp³-hybridized carbons (Fsp3) is 0.500. The Hall–Kier alpha value is -1.58. The molecular formula is C12H13NO3. The van der Waals surface area contributed by atoms with Gasteiger partial charge in [0.25, 0.3) is 0 Å². The topological polar surface area (TPSA) is 58.9 Å². The lowest BCUT2D eigenvalue weighted by atomic mass is 9.73. The van der Waals surface area contributed by atoms with Crippen LogP contribution in [-0.2, 0) is 0 Å². The average molecular weight is 219 g/mol. The van der Waals surface area contributed by atoms with Crippen LogP contribution in [0.1, 0.15) is 37.3 Å². The van der Waals surface area contributed by atoms with Gasteiger partial charge in [-0.15, -0.1) is 0 Å². The summed E-state index contributed by atoms with van der Waals surface area (Å²) in [6.07, 6.45) is 3.80. The number of fused-ring (bicyclic) bond motifs is 1. The summed E-state index contributed by atoms with van der Waals surface area (Å²) in [5.74, 6) is 0.855. The summed E-state index contributed by atoms with van der Waals surface area (Å²) >= 11 is 0. The van der Waals surface area contributed by atoms with Crippen LogP contribution in [0.15, 0.2) is 23.4 Å². The largest absolute Gasteiger partial charge is 0.508 e. The number of phenols is 1. The Morgan fingerprint density at radius 3 is 2.88 bits per heavy atom. The third kappa shape index (κ3) is 1.29. The maximum absolute atomic E-state index is 10.9. The van der Waals surface area contributed by atoms with E-state index in [1.165, 1.54) is 0 Å². The van der Waals surface area contributed by atoms with E-state index in [9.17, 15) is 10.0 Å². The van der Waals surface area contributed by atoms with Crippen LogP contribution in [0, 0.1) is 4.91 Å². The summed E-state index contributed by atoms with van der Waals surface area (Å²) in [5, 5.41) is 12.6. The van der Waals surface area contributed by atoms with Crippen LogP contribution in [-0.4, -0.2) is 10.7 Å². The molecule has 0 saturated heterocycles. The minimum atomic E-state index is -0.379. The Morgan fingerprint density at radius 2 is 2.25 bits per heavy atom. The van der Waals surface area contributed by atoms with Crippen LogP contribution in [0.5, 0.6) is 11.5 Å². The summed E-state index contributed by atoms with van der Waals surface area (Å²) in [6, 6.07) is 4.50. The van der Waals surface area contributed by atoms with Gasteiger partial charge in [-0.05, 0) is 37.5 Å². The second kappa shape index (κ2) is 3.20. The molecule has 16 heavy (non-hydrogen) atoms. The van der Waals surface area contributed by atoms with Crippen LogP contribution >= 0.6 is 0 Å². The minimum absolute atomic E-state index is 0.153. The van der Waals surface area contributed by atoms with Gasteiger partial charge in [0.15, 0.2) is 0 Å². The minimum Gasteiger partial charge on any atom is -0.508 e. The molecule has 84 valence electrons. The van der Waals surface area contributed by atoms with Crippen LogP contribution in [0.3, 0.4) is 0 Å². The number of nitrogens with zero attached hydrogens (tertiary/aromatic N) is 1. The van der Waals surface area contributed by atoms with Crippen molar-refractivity contribution in [3.8, 4) is 11.5 Å². The Bertz CT molecular complexity index is 440. The van der Waals surface area contributed by atoms with Crippen molar-refractivity contribution in [1.29, 1.82) is 0 Å². The molecule has 4 heteroatoms. The highest BCUT2D eigenvalue weighted by Gasteiger charge is 2.46. The van der Waals surface area contributed by atoms with Crippen LogP contribution < -0.4 is 4.74 Å². The highest BCUT2D eigenvalue weighted by Crippen LogP contribution is 2.50. The van der Waals surface area contributed by atoms with E-state index in [0.717, 1.165) is 19.3 Å². The number of phenolic OH excluding ortho intramolecular Hbond substituents is 1. The molecule has 1 aromatic carbocycles. The van der Waals surface area contributed by atoms with Gasteiger partial charge in [0.1, 0.15) is 23.1 Å². The molecular weight excluding hydrogens is 206 g/mol. The summed E-state index contributed by atoms with van der Waals surface area (Å²) in [4.78, 5) is 10.9. The lowest BCUT2D eigenvalue weighted by Gasteiger charge is -2.46. The first-order valence-electron chi connectivity index (χ1n) is 5.57. The molecule has 4 nitrogen and oxygen atoms in total. The molecule has 2 aliphatic rings. The molecule has 1 atom stereocenters. The number of nitroso groups, excluding NO2 is 1. The second-order valence-electron chi connectivity index (χ2n) is 4.69. The molecule has 1 aliphatic carbocycles. The normalized spacial score (nSPS) is 25.4. The van der Waals surface area contributed by atoms with E-state index in [4.69, 9.17) is 4.74 Å². The van der Waals surface area contributed by atoms with E-state index in [1.807, 2.05) is 0 Å². The number of aromatic hydroxyl groups is 1. The maximum atomic E-state index is 10.9. The zero-order valence-electron chi connectivity index (χ0n) is 8.85. The average Bonchev–Trinajstić information content (AvgIpc) is 2.25. The first-order valence-corrected chi connectivity index (χ1v) is 5.57. The predicted molar refractivity (Wildman–Crippen MR) is 58.5 cm³/mol. The van der Waals surface area contributed by atoms with Crippen molar-refractivity contribution in [2.75, 3.05) is 0 Å². The molecule has 1 saturated carbocycles. The first kappa shape index (κ1) is 9.63. The fourth-order valence-electron chi connectivity index (χ4n) is 2.60. The number of rotatable bonds is 1.